The van der Waals surface area contributed by atoms with Gasteiger partial charge in [0.25, 0.3) is 5.89 Å². The molecule has 2 aromatic heterocycles. The maximum absolute atomic E-state index is 11.5. The van der Waals surface area contributed by atoms with Crippen LogP contribution in [0, 0.1) is 0 Å². The first kappa shape index (κ1) is 12.2. The Morgan fingerprint density at radius 3 is 3.16 bits per heavy atom. The molecule has 7 heteroatoms. The van der Waals surface area contributed by atoms with Crippen molar-refractivity contribution in [2.45, 2.75) is 25.7 Å². The summed E-state index contributed by atoms with van der Waals surface area (Å²) in [5.41, 5.74) is 0.696. The molecule has 0 unspecified atom stereocenters. The molecule has 1 aliphatic rings. The highest BCUT2D eigenvalue weighted by Gasteiger charge is 2.29. The molecule has 100 valence electrons. The Balaban J connectivity index is 1.79. The number of nitrogens with zero attached hydrogens (tertiary/aromatic N) is 2. The molecule has 1 fully saturated rings. The van der Waals surface area contributed by atoms with Crippen LogP contribution in [-0.2, 0) is 0 Å². The molecule has 6 nitrogen and oxygen atoms in total. The molecule has 2 N–H and O–H groups in total. The lowest BCUT2D eigenvalue weighted by Crippen LogP contribution is -2.28. The van der Waals surface area contributed by atoms with E-state index in [1.54, 1.807) is 0 Å². The van der Waals surface area contributed by atoms with Crippen LogP contribution in [-0.4, -0.2) is 22.7 Å². The number of rotatable bonds is 4. The second-order valence-electron chi connectivity index (χ2n) is 4.38. The van der Waals surface area contributed by atoms with Crippen molar-refractivity contribution in [2.24, 2.45) is 0 Å². The quantitative estimate of drug-likeness (QED) is 0.901. The van der Waals surface area contributed by atoms with Crippen LogP contribution in [0.15, 0.2) is 16.0 Å². The number of anilines is 1. The number of aromatic nitrogens is 2. The van der Waals surface area contributed by atoms with Gasteiger partial charge in [-0.05, 0) is 31.2 Å². The van der Waals surface area contributed by atoms with Crippen molar-refractivity contribution in [3.8, 4) is 10.8 Å². The largest absolute Gasteiger partial charge is 0.338 e. The molecule has 0 saturated heterocycles. The highest BCUT2D eigenvalue weighted by atomic mass is 32.1. The minimum absolute atomic E-state index is 0.232. The molecule has 19 heavy (non-hydrogen) atoms. The number of thiophene rings is 1. The third kappa shape index (κ3) is 2.60. The van der Waals surface area contributed by atoms with Crippen LogP contribution in [0.25, 0.3) is 10.8 Å². The summed E-state index contributed by atoms with van der Waals surface area (Å²) in [5, 5.41) is 11.3. The number of hydrogen-bond donors (Lipinski definition) is 2. The van der Waals surface area contributed by atoms with Gasteiger partial charge in [0, 0.05) is 12.5 Å². The summed E-state index contributed by atoms with van der Waals surface area (Å²) in [6.45, 7) is 2.45. The molecular formula is C12H14N4O2S. The van der Waals surface area contributed by atoms with Crippen LogP contribution in [0.5, 0.6) is 0 Å². The summed E-state index contributed by atoms with van der Waals surface area (Å²) < 4.78 is 5.27. The van der Waals surface area contributed by atoms with Gasteiger partial charge in [0.1, 0.15) is 4.88 Å². The Kier molecular flexibility index (Phi) is 3.20. The van der Waals surface area contributed by atoms with Crippen molar-refractivity contribution in [2.75, 3.05) is 11.9 Å². The van der Waals surface area contributed by atoms with E-state index in [2.05, 4.69) is 20.8 Å². The summed E-state index contributed by atoms with van der Waals surface area (Å²) in [6.07, 6.45) is 2.26. The van der Waals surface area contributed by atoms with Gasteiger partial charge < -0.3 is 15.2 Å². The summed E-state index contributed by atoms with van der Waals surface area (Å²) in [4.78, 5) is 16.7. The minimum atomic E-state index is -0.232. The molecule has 0 spiro atoms. The second kappa shape index (κ2) is 5.00. The van der Waals surface area contributed by atoms with E-state index in [1.165, 1.54) is 11.3 Å². The highest BCUT2D eigenvalue weighted by molar-refractivity contribution is 7.14. The topological polar surface area (TPSA) is 80.0 Å². The molecule has 2 amide bonds. The highest BCUT2D eigenvalue weighted by Crippen LogP contribution is 2.40. The predicted molar refractivity (Wildman–Crippen MR) is 72.3 cm³/mol. The molecular weight excluding hydrogens is 264 g/mol. The lowest BCUT2D eigenvalue weighted by molar-refractivity contribution is 0.252. The third-order valence-corrected chi connectivity index (χ3v) is 3.73. The molecule has 0 aromatic carbocycles. The lowest BCUT2D eigenvalue weighted by Gasteiger charge is -2.04. The molecule has 2 aromatic rings. The Morgan fingerprint density at radius 2 is 2.42 bits per heavy atom. The van der Waals surface area contributed by atoms with Crippen molar-refractivity contribution < 1.29 is 9.32 Å². The molecule has 0 aliphatic heterocycles. The number of nitrogens with one attached hydrogen (secondary N) is 2. The SMILES string of the molecule is CCNC(=O)Nc1ccsc1-c1nc(C2CC2)no1. The smallest absolute Gasteiger partial charge is 0.319 e. The Hall–Kier alpha value is -1.89. The van der Waals surface area contributed by atoms with Gasteiger partial charge in [-0.25, -0.2) is 4.79 Å². The maximum Gasteiger partial charge on any atom is 0.319 e. The van der Waals surface area contributed by atoms with Crippen molar-refractivity contribution in [3.05, 3.63) is 17.3 Å². The number of hydrogen-bond acceptors (Lipinski definition) is 5. The number of urea groups is 1. The first-order valence-electron chi connectivity index (χ1n) is 6.24. The van der Waals surface area contributed by atoms with Gasteiger partial charge in [-0.1, -0.05) is 5.16 Å². The van der Waals surface area contributed by atoms with Gasteiger partial charge in [-0.3, -0.25) is 0 Å². The zero-order valence-corrected chi connectivity index (χ0v) is 11.3. The van der Waals surface area contributed by atoms with Gasteiger partial charge in [0.05, 0.1) is 5.69 Å². The van der Waals surface area contributed by atoms with Crippen LogP contribution >= 0.6 is 11.3 Å². The summed E-state index contributed by atoms with van der Waals surface area (Å²) in [6, 6.07) is 1.60. The molecule has 3 rings (SSSR count). The van der Waals surface area contributed by atoms with E-state index < -0.39 is 0 Å². The van der Waals surface area contributed by atoms with Crippen LogP contribution < -0.4 is 10.6 Å². The fourth-order valence-corrected chi connectivity index (χ4v) is 2.50. The Morgan fingerprint density at radius 1 is 1.58 bits per heavy atom. The molecule has 0 radical (unpaired) electrons. The van der Waals surface area contributed by atoms with Gasteiger partial charge in [-0.2, -0.15) is 4.98 Å². The van der Waals surface area contributed by atoms with E-state index >= 15 is 0 Å². The molecule has 0 bridgehead atoms. The fraction of sp³-hybridized carbons (Fsp3) is 0.417. The Bertz CT molecular complexity index is 588. The molecule has 2 heterocycles. The minimum Gasteiger partial charge on any atom is -0.338 e. The summed E-state index contributed by atoms with van der Waals surface area (Å²) in [5.74, 6) is 1.70. The van der Waals surface area contributed by atoms with Crippen molar-refractivity contribution in [3.63, 3.8) is 0 Å². The van der Waals surface area contributed by atoms with Gasteiger partial charge in [0.15, 0.2) is 5.82 Å². The first-order chi connectivity index (χ1) is 9.28. The van der Waals surface area contributed by atoms with E-state index in [0.717, 1.165) is 23.5 Å². The lowest BCUT2D eigenvalue weighted by atomic mass is 10.3. The van der Waals surface area contributed by atoms with E-state index in [9.17, 15) is 4.79 Å². The normalized spacial score (nSPS) is 14.4. The number of amides is 2. The molecule has 1 aliphatic carbocycles. The number of carbonyl (C=O) groups excluding carboxylic acids is 1. The monoisotopic (exact) mass is 278 g/mol. The van der Waals surface area contributed by atoms with Crippen LogP contribution in [0.1, 0.15) is 31.5 Å². The zero-order chi connectivity index (χ0) is 13.2. The second-order valence-corrected chi connectivity index (χ2v) is 5.30. The standard InChI is InChI=1S/C12H14N4O2S/c1-2-13-12(17)14-8-5-6-19-9(8)11-15-10(16-18-11)7-3-4-7/h5-7H,2-4H2,1H3,(H2,13,14,17). The first-order valence-corrected chi connectivity index (χ1v) is 7.12. The van der Waals surface area contributed by atoms with E-state index in [1.807, 2.05) is 18.4 Å². The third-order valence-electron chi connectivity index (χ3n) is 2.83. The summed E-state index contributed by atoms with van der Waals surface area (Å²) >= 11 is 1.47. The Labute approximate surface area is 114 Å². The number of carbonyl (C=O) groups is 1. The maximum atomic E-state index is 11.5. The predicted octanol–water partition coefficient (Wildman–Crippen LogP) is 2.82. The van der Waals surface area contributed by atoms with Crippen molar-refractivity contribution >= 4 is 23.1 Å². The average molecular weight is 278 g/mol. The van der Waals surface area contributed by atoms with E-state index in [4.69, 9.17) is 4.52 Å². The molecule has 0 atom stereocenters. The van der Waals surface area contributed by atoms with Crippen molar-refractivity contribution in [1.82, 2.24) is 15.5 Å². The van der Waals surface area contributed by atoms with Gasteiger partial charge >= 0.3 is 6.03 Å². The van der Waals surface area contributed by atoms with E-state index in [0.29, 0.717) is 24.0 Å². The van der Waals surface area contributed by atoms with Gasteiger partial charge in [0.2, 0.25) is 0 Å². The van der Waals surface area contributed by atoms with Crippen LogP contribution in [0.4, 0.5) is 10.5 Å². The van der Waals surface area contributed by atoms with Crippen molar-refractivity contribution in [1.29, 1.82) is 0 Å². The molecule has 1 saturated carbocycles. The summed E-state index contributed by atoms with van der Waals surface area (Å²) in [7, 11) is 0. The van der Waals surface area contributed by atoms with E-state index in [-0.39, 0.29) is 6.03 Å². The average Bonchev–Trinajstić information content (AvgIpc) is 2.95. The van der Waals surface area contributed by atoms with Gasteiger partial charge in [-0.15, -0.1) is 11.3 Å². The zero-order valence-electron chi connectivity index (χ0n) is 10.5. The van der Waals surface area contributed by atoms with Crippen LogP contribution in [0.2, 0.25) is 0 Å². The van der Waals surface area contributed by atoms with Crippen LogP contribution in [0.3, 0.4) is 0 Å². The fourth-order valence-electron chi connectivity index (χ4n) is 1.73.